The number of hydrogen-bond acceptors (Lipinski definition) is 3. The summed E-state index contributed by atoms with van der Waals surface area (Å²) in [5.74, 6) is 0.414. The van der Waals surface area contributed by atoms with Crippen LogP contribution in [0.15, 0.2) is 18.3 Å². The van der Waals surface area contributed by atoms with Crippen molar-refractivity contribution in [2.75, 3.05) is 14.2 Å². The second-order valence-corrected chi connectivity index (χ2v) is 2.16. The summed E-state index contributed by atoms with van der Waals surface area (Å²) in [6.07, 6.45) is 1.53. The van der Waals surface area contributed by atoms with Crippen molar-refractivity contribution in [3.8, 4) is 5.75 Å². The van der Waals surface area contributed by atoms with Gasteiger partial charge in [0.1, 0.15) is 11.4 Å². The summed E-state index contributed by atoms with van der Waals surface area (Å²) in [5.41, 5.74) is 0.358. The average Bonchev–Trinajstić information content (AvgIpc) is 2.17. The molecule has 1 aromatic rings. The molecule has 1 rings (SSSR count). The second-order valence-electron chi connectivity index (χ2n) is 2.16. The van der Waals surface area contributed by atoms with Crippen molar-refractivity contribution in [3.05, 3.63) is 24.0 Å². The van der Waals surface area contributed by atoms with E-state index in [1.165, 1.54) is 6.20 Å². The number of amides is 1. The molecule has 0 radical (unpaired) electrons. The van der Waals surface area contributed by atoms with Crippen LogP contribution in [0, 0.1) is 0 Å². The Morgan fingerprint density at radius 3 is 3.00 bits per heavy atom. The molecule has 1 N–H and O–H groups in total. The molecule has 4 heteroatoms. The molecule has 0 aliphatic rings. The molecule has 0 fully saturated rings. The zero-order valence-corrected chi connectivity index (χ0v) is 7.00. The molecule has 0 unspecified atom stereocenters. The molecule has 0 bridgehead atoms. The maximum atomic E-state index is 11.1. The molecule has 4 nitrogen and oxygen atoms in total. The lowest BCUT2D eigenvalue weighted by Gasteiger charge is -2.01. The summed E-state index contributed by atoms with van der Waals surface area (Å²) in [4.78, 5) is 14.9. The van der Waals surface area contributed by atoms with Crippen LogP contribution in [0.5, 0.6) is 5.75 Å². The van der Waals surface area contributed by atoms with E-state index >= 15 is 0 Å². The molecule has 0 saturated heterocycles. The first kappa shape index (κ1) is 8.52. The van der Waals surface area contributed by atoms with E-state index in [0.29, 0.717) is 11.4 Å². The number of nitrogens with zero attached hydrogens (tertiary/aromatic N) is 1. The fraction of sp³-hybridized carbons (Fsp3) is 0.250. The van der Waals surface area contributed by atoms with Crippen LogP contribution < -0.4 is 10.1 Å². The smallest absolute Gasteiger partial charge is 0.269 e. The van der Waals surface area contributed by atoms with E-state index in [0.717, 1.165) is 0 Å². The highest BCUT2D eigenvalue weighted by molar-refractivity contribution is 5.92. The van der Waals surface area contributed by atoms with Crippen molar-refractivity contribution in [1.82, 2.24) is 10.3 Å². The minimum absolute atomic E-state index is 0.214. The molecule has 1 amide bonds. The van der Waals surface area contributed by atoms with Gasteiger partial charge in [0.05, 0.1) is 7.11 Å². The van der Waals surface area contributed by atoms with Gasteiger partial charge in [-0.05, 0) is 6.07 Å². The first-order chi connectivity index (χ1) is 5.77. The number of hydrogen-bond donors (Lipinski definition) is 1. The van der Waals surface area contributed by atoms with E-state index in [-0.39, 0.29) is 5.91 Å². The summed E-state index contributed by atoms with van der Waals surface area (Å²) in [6.45, 7) is 0. The molecule has 12 heavy (non-hydrogen) atoms. The highest BCUT2D eigenvalue weighted by Crippen LogP contribution is 2.09. The quantitative estimate of drug-likeness (QED) is 0.694. The maximum Gasteiger partial charge on any atom is 0.269 e. The third-order valence-corrected chi connectivity index (χ3v) is 1.43. The van der Waals surface area contributed by atoms with Crippen LogP contribution in [0.4, 0.5) is 0 Å². The number of pyridine rings is 1. The summed E-state index contributed by atoms with van der Waals surface area (Å²) in [7, 11) is 3.10. The minimum atomic E-state index is -0.214. The normalized spacial score (nSPS) is 9.17. The largest absolute Gasteiger partial charge is 0.497 e. The van der Waals surface area contributed by atoms with E-state index in [1.54, 1.807) is 26.3 Å². The van der Waals surface area contributed by atoms with Crippen molar-refractivity contribution in [2.45, 2.75) is 0 Å². The van der Waals surface area contributed by atoms with Crippen molar-refractivity contribution in [3.63, 3.8) is 0 Å². The lowest BCUT2D eigenvalue weighted by molar-refractivity contribution is 0.0958. The highest BCUT2D eigenvalue weighted by atomic mass is 16.5. The van der Waals surface area contributed by atoms with Crippen LogP contribution in [0.1, 0.15) is 10.5 Å². The van der Waals surface area contributed by atoms with Crippen LogP contribution >= 0.6 is 0 Å². The van der Waals surface area contributed by atoms with Gasteiger partial charge in [-0.2, -0.15) is 0 Å². The number of carbonyl (C=O) groups is 1. The van der Waals surface area contributed by atoms with Crippen molar-refractivity contribution >= 4 is 5.91 Å². The van der Waals surface area contributed by atoms with Crippen molar-refractivity contribution in [1.29, 1.82) is 0 Å². The Morgan fingerprint density at radius 1 is 1.67 bits per heavy atom. The fourth-order valence-electron chi connectivity index (χ4n) is 0.790. The fourth-order valence-corrected chi connectivity index (χ4v) is 0.790. The zero-order valence-electron chi connectivity index (χ0n) is 7.00. The number of methoxy groups -OCH3 is 1. The molecule has 0 aliphatic heterocycles. The standard InChI is InChI=1S/C8H10N2O2/c1-9-8(11)7-5-6(12-2)3-4-10-7/h3-5H,1-2H3,(H,9,11). The molecule has 1 heterocycles. The summed E-state index contributed by atoms with van der Waals surface area (Å²) >= 11 is 0. The highest BCUT2D eigenvalue weighted by Gasteiger charge is 2.04. The van der Waals surface area contributed by atoms with Gasteiger partial charge in [-0.25, -0.2) is 0 Å². The maximum absolute atomic E-state index is 11.1. The predicted octanol–water partition coefficient (Wildman–Crippen LogP) is 0.450. The molecule has 0 aromatic carbocycles. The number of ether oxygens (including phenoxy) is 1. The van der Waals surface area contributed by atoms with Crippen LogP contribution in [0.25, 0.3) is 0 Å². The third-order valence-electron chi connectivity index (χ3n) is 1.43. The zero-order chi connectivity index (χ0) is 8.97. The van der Waals surface area contributed by atoms with Gasteiger partial charge in [0.15, 0.2) is 0 Å². The van der Waals surface area contributed by atoms with Gasteiger partial charge in [-0.3, -0.25) is 9.78 Å². The molecule has 0 saturated carbocycles. The predicted molar refractivity (Wildman–Crippen MR) is 44.2 cm³/mol. The van der Waals surface area contributed by atoms with Crippen molar-refractivity contribution < 1.29 is 9.53 Å². The molecule has 0 atom stereocenters. The molecule has 64 valence electrons. The number of carbonyl (C=O) groups excluding carboxylic acids is 1. The van der Waals surface area contributed by atoms with Crippen LogP contribution in [0.2, 0.25) is 0 Å². The summed E-state index contributed by atoms with van der Waals surface area (Å²) < 4.78 is 4.93. The van der Waals surface area contributed by atoms with E-state index < -0.39 is 0 Å². The van der Waals surface area contributed by atoms with Gasteiger partial charge in [0.25, 0.3) is 5.91 Å². The Morgan fingerprint density at radius 2 is 2.42 bits per heavy atom. The molecular formula is C8H10N2O2. The number of nitrogens with one attached hydrogen (secondary N) is 1. The van der Waals surface area contributed by atoms with E-state index in [1.807, 2.05) is 0 Å². The van der Waals surface area contributed by atoms with E-state index in [2.05, 4.69) is 10.3 Å². The van der Waals surface area contributed by atoms with Gasteiger partial charge in [0.2, 0.25) is 0 Å². The lowest BCUT2D eigenvalue weighted by Crippen LogP contribution is -2.18. The average molecular weight is 166 g/mol. The van der Waals surface area contributed by atoms with E-state index in [4.69, 9.17) is 4.74 Å². The Kier molecular flexibility index (Phi) is 2.63. The number of aromatic nitrogens is 1. The first-order valence-electron chi connectivity index (χ1n) is 3.50. The Hall–Kier alpha value is -1.58. The van der Waals surface area contributed by atoms with Crippen LogP contribution in [-0.4, -0.2) is 25.0 Å². The minimum Gasteiger partial charge on any atom is -0.497 e. The van der Waals surface area contributed by atoms with Gasteiger partial charge < -0.3 is 10.1 Å². The summed E-state index contributed by atoms with van der Waals surface area (Å²) in [5, 5.41) is 2.48. The Balaban J connectivity index is 2.93. The second kappa shape index (κ2) is 3.71. The first-order valence-corrected chi connectivity index (χ1v) is 3.50. The van der Waals surface area contributed by atoms with Gasteiger partial charge in [-0.1, -0.05) is 0 Å². The Bertz CT molecular complexity index is 286. The molecule has 1 aromatic heterocycles. The third kappa shape index (κ3) is 1.72. The van der Waals surface area contributed by atoms with E-state index in [9.17, 15) is 4.79 Å². The lowest BCUT2D eigenvalue weighted by atomic mass is 10.3. The number of rotatable bonds is 2. The molecule has 0 spiro atoms. The monoisotopic (exact) mass is 166 g/mol. The topological polar surface area (TPSA) is 51.2 Å². The molecular weight excluding hydrogens is 156 g/mol. The van der Waals surface area contributed by atoms with Crippen molar-refractivity contribution in [2.24, 2.45) is 0 Å². The van der Waals surface area contributed by atoms with Crippen LogP contribution in [0.3, 0.4) is 0 Å². The van der Waals surface area contributed by atoms with Gasteiger partial charge >= 0.3 is 0 Å². The van der Waals surface area contributed by atoms with Gasteiger partial charge in [0, 0.05) is 19.3 Å². The molecule has 0 aliphatic carbocycles. The summed E-state index contributed by atoms with van der Waals surface area (Å²) in [6, 6.07) is 3.27. The van der Waals surface area contributed by atoms with Crippen LogP contribution in [-0.2, 0) is 0 Å². The SMILES string of the molecule is CNC(=O)c1cc(OC)ccn1. The van der Waals surface area contributed by atoms with Gasteiger partial charge in [-0.15, -0.1) is 0 Å². The Labute approximate surface area is 70.6 Å².